The van der Waals surface area contributed by atoms with E-state index in [2.05, 4.69) is 19.9 Å². The number of rotatable bonds is 1. The molecule has 108 valence electrons. The highest BCUT2D eigenvalue weighted by Crippen LogP contribution is 2.49. The summed E-state index contributed by atoms with van der Waals surface area (Å²) in [7, 11) is 0. The molecule has 0 radical (unpaired) electrons. The summed E-state index contributed by atoms with van der Waals surface area (Å²) < 4.78 is 5.72. The van der Waals surface area contributed by atoms with Crippen LogP contribution in [0.15, 0.2) is 36.4 Å². The second-order valence-corrected chi connectivity index (χ2v) is 7.20. The van der Waals surface area contributed by atoms with Gasteiger partial charge in [-0.05, 0) is 31.0 Å². The van der Waals surface area contributed by atoms with Crippen LogP contribution in [-0.4, -0.2) is 17.0 Å². The fourth-order valence-corrected chi connectivity index (χ4v) is 4.71. The van der Waals surface area contributed by atoms with Crippen molar-refractivity contribution in [2.45, 2.75) is 38.5 Å². The molecule has 4 rings (SSSR count). The van der Waals surface area contributed by atoms with Crippen LogP contribution >= 0.6 is 11.3 Å². The molecule has 2 aromatic rings. The van der Waals surface area contributed by atoms with Crippen LogP contribution in [0, 0.1) is 6.92 Å². The number of fused-ring (bicyclic) bond motifs is 3. The number of aryl methyl sites for hydroxylation is 1. The van der Waals surface area contributed by atoms with E-state index < -0.39 is 0 Å². The van der Waals surface area contributed by atoms with Gasteiger partial charge in [0, 0.05) is 22.2 Å². The van der Waals surface area contributed by atoms with Crippen molar-refractivity contribution in [2.24, 2.45) is 0 Å². The number of carbonyl (C=O) groups is 1. The number of carbonyl (C=O) groups excluding carboxylic acids is 1. The molecule has 1 aromatic heterocycles. The van der Waals surface area contributed by atoms with Gasteiger partial charge in [0.25, 0.3) is 0 Å². The second kappa shape index (κ2) is 4.60. The van der Waals surface area contributed by atoms with Gasteiger partial charge in [-0.3, -0.25) is 4.90 Å². The lowest BCUT2D eigenvalue weighted by molar-refractivity contribution is 0.128. The van der Waals surface area contributed by atoms with Crippen molar-refractivity contribution in [3.63, 3.8) is 0 Å². The Balaban J connectivity index is 1.84. The first kappa shape index (κ1) is 12.9. The maximum absolute atomic E-state index is 12.3. The topological polar surface area (TPSA) is 29.5 Å². The molecule has 3 nitrogen and oxygen atoms in total. The van der Waals surface area contributed by atoms with E-state index in [1.165, 1.54) is 15.3 Å². The van der Waals surface area contributed by atoms with Gasteiger partial charge in [0.15, 0.2) is 6.10 Å². The van der Waals surface area contributed by atoms with Gasteiger partial charge in [-0.2, -0.15) is 0 Å². The van der Waals surface area contributed by atoms with E-state index in [0.29, 0.717) is 0 Å². The number of benzene rings is 1. The zero-order valence-corrected chi connectivity index (χ0v) is 12.9. The van der Waals surface area contributed by atoms with E-state index in [9.17, 15) is 4.79 Å². The summed E-state index contributed by atoms with van der Waals surface area (Å²) in [6, 6.07) is 12.5. The van der Waals surface area contributed by atoms with Crippen molar-refractivity contribution in [3.05, 3.63) is 57.3 Å². The van der Waals surface area contributed by atoms with E-state index >= 15 is 0 Å². The monoisotopic (exact) mass is 299 g/mol. The quantitative estimate of drug-likeness (QED) is 0.788. The molecule has 2 aliphatic rings. The Morgan fingerprint density at radius 2 is 2.05 bits per heavy atom. The Kier molecular flexibility index (Phi) is 2.82. The molecule has 1 saturated heterocycles. The maximum atomic E-state index is 12.3. The predicted molar refractivity (Wildman–Crippen MR) is 82.5 cm³/mol. The van der Waals surface area contributed by atoms with Gasteiger partial charge in [-0.1, -0.05) is 30.3 Å². The van der Waals surface area contributed by atoms with Crippen LogP contribution in [0.3, 0.4) is 0 Å². The highest BCUT2D eigenvalue weighted by molar-refractivity contribution is 7.12. The molecule has 21 heavy (non-hydrogen) atoms. The Morgan fingerprint density at radius 1 is 1.29 bits per heavy atom. The summed E-state index contributed by atoms with van der Waals surface area (Å²) in [6.07, 6.45) is 0.547. The van der Waals surface area contributed by atoms with Crippen LogP contribution < -0.4 is 0 Å². The molecule has 0 spiro atoms. The number of cyclic esters (lactones) is 1. The van der Waals surface area contributed by atoms with E-state index in [-0.39, 0.29) is 24.3 Å². The van der Waals surface area contributed by atoms with Crippen LogP contribution in [0.5, 0.6) is 0 Å². The second-order valence-electron chi connectivity index (χ2n) is 5.86. The maximum Gasteiger partial charge on any atom is 0.411 e. The number of amides is 1. The molecule has 1 amide bonds. The first-order valence-electron chi connectivity index (χ1n) is 7.28. The Hall–Kier alpha value is -1.81. The first-order valence-corrected chi connectivity index (χ1v) is 8.10. The Morgan fingerprint density at radius 3 is 2.81 bits per heavy atom. The molecule has 0 unspecified atom stereocenters. The van der Waals surface area contributed by atoms with Crippen molar-refractivity contribution in [1.82, 2.24) is 4.90 Å². The van der Waals surface area contributed by atoms with Crippen LogP contribution in [0.2, 0.25) is 0 Å². The zero-order valence-electron chi connectivity index (χ0n) is 12.1. The molecule has 3 heterocycles. The average molecular weight is 299 g/mol. The predicted octanol–water partition coefficient (Wildman–Crippen LogP) is 4.24. The normalized spacial score (nSPS) is 27.2. The molecular weight excluding hydrogens is 282 g/mol. The van der Waals surface area contributed by atoms with Gasteiger partial charge in [-0.25, -0.2) is 4.79 Å². The fraction of sp³-hybridized carbons (Fsp3) is 0.353. The van der Waals surface area contributed by atoms with Gasteiger partial charge in [-0.15, -0.1) is 11.3 Å². The summed E-state index contributed by atoms with van der Waals surface area (Å²) in [5.41, 5.74) is 2.34. The van der Waals surface area contributed by atoms with Crippen LogP contribution in [0.1, 0.15) is 40.0 Å². The lowest BCUT2D eigenvalue weighted by Crippen LogP contribution is -2.40. The third-order valence-corrected chi connectivity index (χ3v) is 5.48. The van der Waals surface area contributed by atoms with Crippen molar-refractivity contribution in [1.29, 1.82) is 0 Å². The summed E-state index contributed by atoms with van der Waals surface area (Å²) in [5, 5.41) is 0. The largest absolute Gasteiger partial charge is 0.439 e. The van der Waals surface area contributed by atoms with Crippen molar-refractivity contribution in [3.8, 4) is 0 Å². The third kappa shape index (κ3) is 1.89. The van der Waals surface area contributed by atoms with Crippen LogP contribution in [0.4, 0.5) is 4.79 Å². The Bertz CT molecular complexity index is 694. The molecule has 0 aliphatic carbocycles. The molecule has 3 atom stereocenters. The van der Waals surface area contributed by atoms with Gasteiger partial charge in [0.05, 0.1) is 0 Å². The minimum absolute atomic E-state index is 0.0172. The molecule has 4 heteroatoms. The van der Waals surface area contributed by atoms with Crippen molar-refractivity contribution < 1.29 is 9.53 Å². The fourth-order valence-electron chi connectivity index (χ4n) is 3.51. The standard InChI is InChI=1S/C17H17NO2S/c1-10-8-14-13(9-11(2)21-14)15-16(20-17(19)18(10)15)12-6-4-3-5-7-12/h3-7,9-10,15-16H,8H2,1-2H3/t10-,15-,16-/m0/s1. The lowest BCUT2D eigenvalue weighted by atomic mass is 9.90. The average Bonchev–Trinajstić information content (AvgIpc) is 3.00. The van der Waals surface area contributed by atoms with Crippen LogP contribution in [0.25, 0.3) is 0 Å². The minimum Gasteiger partial charge on any atom is -0.439 e. The van der Waals surface area contributed by atoms with Gasteiger partial charge < -0.3 is 4.74 Å². The number of ether oxygens (including phenoxy) is 1. The van der Waals surface area contributed by atoms with Crippen LogP contribution in [-0.2, 0) is 11.2 Å². The van der Waals surface area contributed by atoms with Gasteiger partial charge in [0.1, 0.15) is 6.04 Å². The Labute approximate surface area is 128 Å². The van der Waals surface area contributed by atoms with Crippen molar-refractivity contribution >= 4 is 17.4 Å². The molecule has 1 fully saturated rings. The molecule has 0 N–H and O–H groups in total. The molecular formula is C17H17NO2S. The smallest absolute Gasteiger partial charge is 0.411 e. The van der Waals surface area contributed by atoms with Crippen molar-refractivity contribution in [2.75, 3.05) is 0 Å². The summed E-state index contributed by atoms with van der Waals surface area (Å²) >= 11 is 1.85. The summed E-state index contributed by atoms with van der Waals surface area (Å²) in [5.74, 6) is 0. The highest BCUT2D eigenvalue weighted by Gasteiger charge is 2.49. The van der Waals surface area contributed by atoms with E-state index in [4.69, 9.17) is 4.74 Å². The summed E-state index contributed by atoms with van der Waals surface area (Å²) in [6.45, 7) is 4.24. The first-order chi connectivity index (χ1) is 10.1. The SMILES string of the molecule is Cc1cc2c(s1)C[C@H](C)N1C(=O)O[C@@H](c3ccccc3)[C@H]21. The minimum atomic E-state index is -0.200. The lowest BCUT2D eigenvalue weighted by Gasteiger charge is -2.34. The summed E-state index contributed by atoms with van der Waals surface area (Å²) in [4.78, 5) is 17.0. The van der Waals surface area contributed by atoms with E-state index in [0.717, 1.165) is 12.0 Å². The van der Waals surface area contributed by atoms with E-state index in [1.54, 1.807) is 0 Å². The number of hydrogen-bond donors (Lipinski definition) is 0. The molecule has 0 bridgehead atoms. The number of hydrogen-bond acceptors (Lipinski definition) is 3. The van der Waals surface area contributed by atoms with Gasteiger partial charge >= 0.3 is 6.09 Å². The third-order valence-electron chi connectivity index (χ3n) is 4.39. The highest BCUT2D eigenvalue weighted by atomic mass is 32.1. The number of thiophene rings is 1. The molecule has 1 aromatic carbocycles. The van der Waals surface area contributed by atoms with Gasteiger partial charge in [0.2, 0.25) is 0 Å². The zero-order chi connectivity index (χ0) is 14.6. The number of nitrogens with zero attached hydrogens (tertiary/aromatic N) is 1. The van der Waals surface area contributed by atoms with E-state index in [1.807, 2.05) is 46.6 Å². The molecule has 2 aliphatic heterocycles. The molecule has 0 saturated carbocycles.